The Hall–Kier alpha value is -1.23. The van der Waals surface area contributed by atoms with E-state index >= 15 is 0 Å². The molecule has 2 rings (SSSR count). The molecule has 1 aliphatic rings. The Kier molecular flexibility index (Phi) is 3.80. The van der Waals surface area contributed by atoms with Crippen molar-refractivity contribution < 1.29 is 17.9 Å². The number of benzene rings is 1. The fraction of sp³-hybridized carbons (Fsp3) is 0.538. The summed E-state index contributed by atoms with van der Waals surface area (Å²) >= 11 is 0. The summed E-state index contributed by atoms with van der Waals surface area (Å²) in [5.41, 5.74) is -0.712. The van der Waals surface area contributed by atoms with E-state index in [-0.39, 0.29) is 18.4 Å². The molecule has 1 aliphatic carbocycles. The van der Waals surface area contributed by atoms with Crippen LogP contribution in [0.5, 0.6) is 5.75 Å². The van der Waals surface area contributed by atoms with Gasteiger partial charge in [0, 0.05) is 6.04 Å². The van der Waals surface area contributed by atoms with Crippen LogP contribution in [0.4, 0.5) is 13.2 Å². The molecule has 2 nitrogen and oxygen atoms in total. The van der Waals surface area contributed by atoms with Crippen LogP contribution in [0.3, 0.4) is 0 Å². The molecule has 1 aromatic rings. The van der Waals surface area contributed by atoms with E-state index in [4.69, 9.17) is 4.74 Å². The van der Waals surface area contributed by atoms with Gasteiger partial charge in [0.25, 0.3) is 0 Å². The maximum absolute atomic E-state index is 12.7. The molecule has 0 saturated heterocycles. The van der Waals surface area contributed by atoms with Gasteiger partial charge in [0.2, 0.25) is 0 Å². The van der Waals surface area contributed by atoms with Gasteiger partial charge in [0.15, 0.2) is 0 Å². The lowest BCUT2D eigenvalue weighted by molar-refractivity contribution is -0.139. The van der Waals surface area contributed by atoms with Crippen molar-refractivity contribution in [2.75, 3.05) is 13.7 Å². The summed E-state index contributed by atoms with van der Waals surface area (Å²) in [7, 11) is 1.81. The van der Waals surface area contributed by atoms with Crippen molar-refractivity contribution in [2.24, 2.45) is 5.92 Å². The highest BCUT2D eigenvalue weighted by Gasteiger charge is 2.35. The van der Waals surface area contributed by atoms with Crippen molar-refractivity contribution in [1.29, 1.82) is 0 Å². The molecular weight excluding hydrogens is 243 g/mol. The molecule has 1 unspecified atom stereocenters. The first kappa shape index (κ1) is 13.2. The van der Waals surface area contributed by atoms with E-state index in [0.717, 1.165) is 18.9 Å². The minimum Gasteiger partial charge on any atom is -0.491 e. The van der Waals surface area contributed by atoms with Crippen molar-refractivity contribution in [3.8, 4) is 5.75 Å². The minimum atomic E-state index is -4.37. The summed E-state index contributed by atoms with van der Waals surface area (Å²) in [6, 6.07) is 5.46. The Morgan fingerprint density at radius 3 is 2.56 bits per heavy atom. The van der Waals surface area contributed by atoms with Crippen molar-refractivity contribution in [1.82, 2.24) is 5.32 Å². The van der Waals surface area contributed by atoms with Crippen molar-refractivity contribution in [3.63, 3.8) is 0 Å². The Morgan fingerprint density at radius 1 is 1.33 bits per heavy atom. The van der Waals surface area contributed by atoms with Gasteiger partial charge in [-0.25, -0.2) is 0 Å². The van der Waals surface area contributed by atoms with E-state index in [1.807, 2.05) is 7.05 Å². The Balaban J connectivity index is 2.04. The Labute approximate surface area is 104 Å². The predicted octanol–water partition coefficient (Wildman–Crippen LogP) is 3.08. The van der Waals surface area contributed by atoms with E-state index < -0.39 is 11.7 Å². The Bertz CT molecular complexity index is 401. The molecule has 1 atom stereocenters. The van der Waals surface area contributed by atoms with Crippen LogP contribution in [0.2, 0.25) is 0 Å². The summed E-state index contributed by atoms with van der Waals surface area (Å²) in [4.78, 5) is 0. The third-order valence-corrected chi connectivity index (χ3v) is 3.17. The number of hydrogen-bond acceptors (Lipinski definition) is 2. The van der Waals surface area contributed by atoms with Gasteiger partial charge in [-0.15, -0.1) is 0 Å². The van der Waals surface area contributed by atoms with Gasteiger partial charge in [-0.2, -0.15) is 13.2 Å². The average Bonchev–Trinajstić information content (AvgIpc) is 3.13. The van der Waals surface area contributed by atoms with Crippen LogP contribution in [0, 0.1) is 5.92 Å². The zero-order valence-corrected chi connectivity index (χ0v) is 10.1. The maximum atomic E-state index is 12.7. The number of hydrogen-bond donors (Lipinski definition) is 1. The van der Waals surface area contributed by atoms with Crippen LogP contribution in [-0.4, -0.2) is 19.7 Å². The third kappa shape index (κ3) is 3.16. The molecule has 1 aromatic carbocycles. The van der Waals surface area contributed by atoms with E-state index in [1.54, 1.807) is 6.07 Å². The van der Waals surface area contributed by atoms with Gasteiger partial charge in [0.05, 0.1) is 5.56 Å². The normalized spacial score (nSPS) is 17.6. The third-order valence-electron chi connectivity index (χ3n) is 3.17. The molecular formula is C13H16F3NO. The lowest BCUT2D eigenvalue weighted by Gasteiger charge is -2.18. The number of para-hydroxylation sites is 1. The molecule has 100 valence electrons. The first-order chi connectivity index (χ1) is 8.52. The SMILES string of the molecule is CNC(COc1ccccc1C(F)(F)F)C1CC1. The zero-order valence-electron chi connectivity index (χ0n) is 10.1. The maximum Gasteiger partial charge on any atom is 0.419 e. The molecule has 18 heavy (non-hydrogen) atoms. The van der Waals surface area contributed by atoms with E-state index in [2.05, 4.69) is 5.32 Å². The lowest BCUT2D eigenvalue weighted by atomic mass is 10.2. The van der Waals surface area contributed by atoms with Gasteiger partial charge in [-0.3, -0.25) is 0 Å². The molecule has 0 bridgehead atoms. The molecule has 5 heteroatoms. The lowest BCUT2D eigenvalue weighted by Crippen LogP contribution is -2.33. The molecule has 0 amide bonds. The second-order valence-corrected chi connectivity index (χ2v) is 4.54. The number of likely N-dealkylation sites (N-methyl/N-ethyl adjacent to an activating group) is 1. The molecule has 0 aromatic heterocycles. The summed E-state index contributed by atoms with van der Waals surface area (Å²) in [5.74, 6) is 0.443. The fourth-order valence-corrected chi connectivity index (χ4v) is 1.96. The van der Waals surface area contributed by atoms with Crippen molar-refractivity contribution >= 4 is 0 Å². The molecule has 0 radical (unpaired) electrons. The standard InChI is InChI=1S/C13H16F3NO/c1-17-11(9-6-7-9)8-18-12-5-3-2-4-10(12)13(14,15)16/h2-5,9,11,17H,6-8H2,1H3. The molecule has 1 saturated carbocycles. The highest BCUT2D eigenvalue weighted by Crippen LogP contribution is 2.37. The number of alkyl halides is 3. The summed E-state index contributed by atoms with van der Waals surface area (Å²) in [6.45, 7) is 0.272. The van der Waals surface area contributed by atoms with Crippen LogP contribution in [-0.2, 0) is 6.18 Å². The van der Waals surface area contributed by atoms with Gasteiger partial charge in [-0.05, 0) is 37.9 Å². The van der Waals surface area contributed by atoms with E-state index in [9.17, 15) is 13.2 Å². The van der Waals surface area contributed by atoms with Crippen LogP contribution in [0.1, 0.15) is 18.4 Å². The number of halogens is 3. The first-order valence-corrected chi connectivity index (χ1v) is 5.98. The summed E-state index contributed by atoms with van der Waals surface area (Å²) in [6.07, 6.45) is -2.13. The second kappa shape index (κ2) is 5.18. The van der Waals surface area contributed by atoms with Crippen LogP contribution < -0.4 is 10.1 Å². The second-order valence-electron chi connectivity index (χ2n) is 4.54. The predicted molar refractivity (Wildman–Crippen MR) is 62.5 cm³/mol. The van der Waals surface area contributed by atoms with Crippen molar-refractivity contribution in [3.05, 3.63) is 29.8 Å². The number of ether oxygens (including phenoxy) is 1. The molecule has 1 N–H and O–H groups in total. The Morgan fingerprint density at radius 2 is 2.00 bits per heavy atom. The van der Waals surface area contributed by atoms with E-state index in [0.29, 0.717) is 5.92 Å². The van der Waals surface area contributed by atoms with Gasteiger partial charge in [0.1, 0.15) is 12.4 Å². The number of rotatable bonds is 5. The topological polar surface area (TPSA) is 21.3 Å². The molecule has 0 spiro atoms. The first-order valence-electron chi connectivity index (χ1n) is 5.98. The fourth-order valence-electron chi connectivity index (χ4n) is 1.96. The van der Waals surface area contributed by atoms with Crippen molar-refractivity contribution in [2.45, 2.75) is 25.1 Å². The van der Waals surface area contributed by atoms with Crippen LogP contribution >= 0.6 is 0 Å². The van der Waals surface area contributed by atoms with Gasteiger partial charge >= 0.3 is 6.18 Å². The smallest absolute Gasteiger partial charge is 0.419 e. The molecule has 0 aliphatic heterocycles. The average molecular weight is 259 g/mol. The number of nitrogens with one attached hydrogen (secondary N) is 1. The molecule has 0 heterocycles. The highest BCUT2D eigenvalue weighted by atomic mass is 19.4. The van der Waals surface area contributed by atoms with Crippen LogP contribution in [0.25, 0.3) is 0 Å². The largest absolute Gasteiger partial charge is 0.491 e. The minimum absolute atomic E-state index is 0.0918. The summed E-state index contributed by atoms with van der Waals surface area (Å²) < 4.78 is 43.5. The van der Waals surface area contributed by atoms with Gasteiger partial charge in [-0.1, -0.05) is 12.1 Å². The van der Waals surface area contributed by atoms with Gasteiger partial charge < -0.3 is 10.1 Å². The summed E-state index contributed by atoms with van der Waals surface area (Å²) in [5, 5.41) is 3.09. The zero-order chi connectivity index (χ0) is 13.2. The molecule has 1 fully saturated rings. The quantitative estimate of drug-likeness (QED) is 0.877. The van der Waals surface area contributed by atoms with Crippen LogP contribution in [0.15, 0.2) is 24.3 Å². The van der Waals surface area contributed by atoms with E-state index in [1.165, 1.54) is 12.1 Å². The monoisotopic (exact) mass is 259 g/mol. The highest BCUT2D eigenvalue weighted by molar-refractivity contribution is 5.35.